The molecule has 4 N–H and O–H groups in total. The molecule has 0 bridgehead atoms. The Bertz CT molecular complexity index is 552. The Morgan fingerprint density at radius 2 is 2.00 bits per heavy atom. The summed E-state index contributed by atoms with van der Waals surface area (Å²) in [5.41, 5.74) is 10.4. The van der Waals surface area contributed by atoms with E-state index >= 15 is 0 Å². The van der Waals surface area contributed by atoms with Crippen molar-refractivity contribution in [3.63, 3.8) is 0 Å². The van der Waals surface area contributed by atoms with Crippen molar-refractivity contribution in [2.24, 2.45) is 5.73 Å². The third-order valence-electron chi connectivity index (χ3n) is 3.08. The molecule has 0 saturated heterocycles. The van der Waals surface area contributed by atoms with Gasteiger partial charge in [-0.15, -0.1) is 0 Å². The summed E-state index contributed by atoms with van der Waals surface area (Å²) in [7, 11) is 0. The van der Waals surface area contributed by atoms with Gasteiger partial charge in [0.1, 0.15) is 0 Å². The molecule has 0 atom stereocenters. The van der Waals surface area contributed by atoms with E-state index in [-0.39, 0.29) is 12.3 Å². The highest BCUT2D eigenvalue weighted by Gasteiger charge is 2.05. The van der Waals surface area contributed by atoms with E-state index in [1.54, 1.807) is 0 Å². The van der Waals surface area contributed by atoms with Gasteiger partial charge in [0.25, 0.3) is 0 Å². The molecule has 5 heteroatoms. The summed E-state index contributed by atoms with van der Waals surface area (Å²) in [5, 5.41) is 10.5. The number of hydrogen-bond acceptors (Lipinski definition) is 3. The molecular formula is C14H18N4O. The van der Waals surface area contributed by atoms with E-state index in [4.69, 9.17) is 5.73 Å². The van der Waals surface area contributed by atoms with Gasteiger partial charge in [-0.3, -0.25) is 9.89 Å². The van der Waals surface area contributed by atoms with Crippen molar-refractivity contribution in [1.29, 1.82) is 0 Å². The summed E-state index contributed by atoms with van der Waals surface area (Å²) in [6.07, 6.45) is 0.278. The fourth-order valence-corrected chi connectivity index (χ4v) is 1.97. The number of aromatic amines is 1. The average molecular weight is 258 g/mol. The van der Waals surface area contributed by atoms with E-state index in [0.29, 0.717) is 0 Å². The Labute approximate surface area is 112 Å². The maximum Gasteiger partial charge on any atom is 0.221 e. The third kappa shape index (κ3) is 3.34. The second-order valence-electron chi connectivity index (χ2n) is 4.61. The molecule has 0 aliphatic rings. The normalized spacial score (nSPS) is 10.4. The molecule has 100 valence electrons. The molecule has 0 fully saturated rings. The number of rotatable bonds is 5. The number of H-pyrrole nitrogens is 1. The standard InChI is InChI=1S/C14H18N4O/c1-9-13(10(2)18-17-9)8-16-12-5-3-11(4-6-12)7-14(15)19/h3-6,16H,7-8H2,1-2H3,(H2,15,19)(H,17,18). The predicted octanol–water partition coefficient (Wildman–Crippen LogP) is 1.67. The fraction of sp³-hybridized carbons (Fsp3) is 0.286. The first-order chi connectivity index (χ1) is 9.06. The molecule has 0 aliphatic heterocycles. The first-order valence-corrected chi connectivity index (χ1v) is 6.18. The molecule has 1 aromatic heterocycles. The number of carbonyl (C=O) groups is 1. The van der Waals surface area contributed by atoms with Crippen LogP contribution in [-0.4, -0.2) is 16.1 Å². The van der Waals surface area contributed by atoms with Crippen LogP contribution in [0, 0.1) is 13.8 Å². The van der Waals surface area contributed by atoms with Gasteiger partial charge in [0.15, 0.2) is 0 Å². The van der Waals surface area contributed by atoms with Crippen LogP contribution >= 0.6 is 0 Å². The van der Waals surface area contributed by atoms with Crippen molar-refractivity contribution >= 4 is 11.6 Å². The molecule has 0 spiro atoms. The van der Waals surface area contributed by atoms with Crippen LogP contribution in [-0.2, 0) is 17.8 Å². The fourth-order valence-electron chi connectivity index (χ4n) is 1.97. The number of amides is 1. The summed E-state index contributed by atoms with van der Waals surface area (Å²) in [4.78, 5) is 10.8. The van der Waals surface area contributed by atoms with Gasteiger partial charge in [-0.05, 0) is 31.5 Å². The minimum Gasteiger partial charge on any atom is -0.381 e. The molecular weight excluding hydrogens is 240 g/mol. The molecule has 0 aliphatic carbocycles. The van der Waals surface area contributed by atoms with Crippen LogP contribution in [0.25, 0.3) is 0 Å². The van der Waals surface area contributed by atoms with Gasteiger partial charge in [-0.2, -0.15) is 5.10 Å². The molecule has 1 heterocycles. The minimum absolute atomic E-state index is 0.278. The van der Waals surface area contributed by atoms with E-state index in [1.807, 2.05) is 38.1 Å². The summed E-state index contributed by atoms with van der Waals surface area (Å²) in [6, 6.07) is 7.70. The van der Waals surface area contributed by atoms with Crippen molar-refractivity contribution in [1.82, 2.24) is 10.2 Å². The number of benzene rings is 1. The number of aryl methyl sites for hydroxylation is 2. The van der Waals surface area contributed by atoms with Crippen LogP contribution in [0.4, 0.5) is 5.69 Å². The number of carbonyl (C=O) groups excluding carboxylic acids is 1. The van der Waals surface area contributed by atoms with Crippen LogP contribution in [0.3, 0.4) is 0 Å². The van der Waals surface area contributed by atoms with Crippen LogP contribution in [0.5, 0.6) is 0 Å². The number of nitrogens with zero attached hydrogens (tertiary/aromatic N) is 1. The van der Waals surface area contributed by atoms with Crippen molar-refractivity contribution in [3.8, 4) is 0 Å². The van der Waals surface area contributed by atoms with Crippen molar-refractivity contribution in [2.45, 2.75) is 26.8 Å². The highest BCUT2D eigenvalue weighted by atomic mass is 16.1. The lowest BCUT2D eigenvalue weighted by atomic mass is 10.1. The highest BCUT2D eigenvalue weighted by molar-refractivity contribution is 5.76. The van der Waals surface area contributed by atoms with E-state index in [9.17, 15) is 4.79 Å². The van der Waals surface area contributed by atoms with Gasteiger partial charge in [-0.1, -0.05) is 12.1 Å². The predicted molar refractivity (Wildman–Crippen MR) is 74.7 cm³/mol. The highest BCUT2D eigenvalue weighted by Crippen LogP contribution is 2.14. The largest absolute Gasteiger partial charge is 0.381 e. The zero-order valence-electron chi connectivity index (χ0n) is 11.2. The van der Waals surface area contributed by atoms with Gasteiger partial charge >= 0.3 is 0 Å². The van der Waals surface area contributed by atoms with Crippen LogP contribution in [0.15, 0.2) is 24.3 Å². The SMILES string of the molecule is Cc1n[nH]c(C)c1CNc1ccc(CC(N)=O)cc1. The maximum absolute atomic E-state index is 10.8. The zero-order valence-corrected chi connectivity index (χ0v) is 11.2. The van der Waals surface area contributed by atoms with Crippen molar-refractivity contribution in [3.05, 3.63) is 46.8 Å². The second-order valence-corrected chi connectivity index (χ2v) is 4.61. The lowest BCUT2D eigenvalue weighted by molar-refractivity contribution is -0.117. The summed E-state index contributed by atoms with van der Waals surface area (Å²) in [5.74, 6) is -0.314. The first-order valence-electron chi connectivity index (χ1n) is 6.18. The van der Waals surface area contributed by atoms with Crippen LogP contribution < -0.4 is 11.1 Å². The van der Waals surface area contributed by atoms with E-state index in [0.717, 1.165) is 29.2 Å². The molecule has 0 radical (unpaired) electrons. The molecule has 5 nitrogen and oxygen atoms in total. The van der Waals surface area contributed by atoms with E-state index < -0.39 is 0 Å². The molecule has 19 heavy (non-hydrogen) atoms. The Balaban J connectivity index is 1.98. The van der Waals surface area contributed by atoms with Gasteiger partial charge < -0.3 is 11.1 Å². The minimum atomic E-state index is -0.314. The molecule has 1 amide bonds. The number of nitrogens with one attached hydrogen (secondary N) is 2. The summed E-state index contributed by atoms with van der Waals surface area (Å²) in [6.45, 7) is 4.72. The maximum atomic E-state index is 10.8. The number of hydrogen-bond donors (Lipinski definition) is 3. The number of nitrogens with two attached hydrogens (primary N) is 1. The number of primary amides is 1. The number of aromatic nitrogens is 2. The lowest BCUT2D eigenvalue weighted by Gasteiger charge is -2.07. The summed E-state index contributed by atoms with van der Waals surface area (Å²) >= 11 is 0. The van der Waals surface area contributed by atoms with E-state index in [2.05, 4.69) is 15.5 Å². The quantitative estimate of drug-likeness (QED) is 0.762. The molecule has 1 aromatic carbocycles. The van der Waals surface area contributed by atoms with Crippen molar-refractivity contribution in [2.75, 3.05) is 5.32 Å². The van der Waals surface area contributed by atoms with E-state index in [1.165, 1.54) is 5.56 Å². The van der Waals surface area contributed by atoms with Gasteiger partial charge in [0, 0.05) is 23.5 Å². The Hall–Kier alpha value is -2.30. The third-order valence-corrected chi connectivity index (χ3v) is 3.08. The van der Waals surface area contributed by atoms with Crippen LogP contribution in [0.1, 0.15) is 22.5 Å². The van der Waals surface area contributed by atoms with Crippen molar-refractivity contribution < 1.29 is 4.79 Å². The zero-order chi connectivity index (χ0) is 13.8. The topological polar surface area (TPSA) is 83.8 Å². The van der Waals surface area contributed by atoms with Gasteiger partial charge in [0.05, 0.1) is 12.1 Å². The Morgan fingerprint density at radius 3 is 2.53 bits per heavy atom. The average Bonchev–Trinajstić information content (AvgIpc) is 2.68. The Kier molecular flexibility index (Phi) is 3.85. The molecule has 0 saturated carbocycles. The molecule has 2 rings (SSSR count). The first kappa shape index (κ1) is 13.1. The molecule has 2 aromatic rings. The number of anilines is 1. The van der Waals surface area contributed by atoms with Gasteiger partial charge in [0.2, 0.25) is 5.91 Å². The monoisotopic (exact) mass is 258 g/mol. The Morgan fingerprint density at radius 1 is 1.32 bits per heavy atom. The molecule has 0 unspecified atom stereocenters. The van der Waals surface area contributed by atoms with Gasteiger partial charge in [-0.25, -0.2) is 0 Å². The second kappa shape index (κ2) is 5.56. The van der Waals surface area contributed by atoms with Crippen LogP contribution in [0.2, 0.25) is 0 Å². The smallest absolute Gasteiger partial charge is 0.221 e. The summed E-state index contributed by atoms with van der Waals surface area (Å²) < 4.78 is 0. The lowest BCUT2D eigenvalue weighted by Crippen LogP contribution is -2.13.